The van der Waals surface area contributed by atoms with E-state index in [0.29, 0.717) is 28.3 Å². The molecule has 0 spiro atoms. The minimum absolute atomic E-state index is 0.246. The van der Waals surface area contributed by atoms with Crippen LogP contribution in [0.3, 0.4) is 0 Å². The average molecular weight is 410 g/mol. The Bertz CT molecular complexity index is 968. The number of rotatable bonds is 8. The lowest BCUT2D eigenvalue weighted by Gasteiger charge is -2.10. The molecule has 2 heterocycles. The van der Waals surface area contributed by atoms with Gasteiger partial charge in [0, 0.05) is 28.9 Å². The van der Waals surface area contributed by atoms with E-state index in [0.717, 1.165) is 17.7 Å². The first kappa shape index (κ1) is 20.5. The molecule has 0 fully saturated rings. The van der Waals surface area contributed by atoms with Crippen molar-refractivity contribution in [1.29, 1.82) is 0 Å². The van der Waals surface area contributed by atoms with Crippen LogP contribution < -0.4 is 10.1 Å². The number of hydrogen-bond donors (Lipinski definition) is 1. The zero-order valence-electron chi connectivity index (χ0n) is 16.3. The first-order chi connectivity index (χ1) is 14.1. The van der Waals surface area contributed by atoms with E-state index in [2.05, 4.69) is 10.3 Å². The molecule has 0 atom stereocenters. The third kappa shape index (κ3) is 5.00. The maximum atomic E-state index is 12.6. The third-order valence-corrected chi connectivity index (χ3v) is 4.97. The summed E-state index contributed by atoms with van der Waals surface area (Å²) in [5, 5.41) is 5.12. The highest BCUT2D eigenvalue weighted by atomic mass is 32.1. The number of carbonyl (C=O) groups excluding carboxylic acids is 2. The van der Waals surface area contributed by atoms with Gasteiger partial charge in [0.2, 0.25) is 0 Å². The highest BCUT2D eigenvalue weighted by Gasteiger charge is 2.23. The van der Waals surface area contributed by atoms with E-state index in [4.69, 9.17) is 9.47 Å². The molecule has 1 aromatic carbocycles. The molecule has 0 aliphatic carbocycles. The lowest BCUT2D eigenvalue weighted by molar-refractivity contribution is 0.0529. The standard InChI is InChI=1S/C22H22N2O4S/c1-3-13-28-17-7-5-15(6-8-17)18-14-29-21(19(18)22(26)27-4-2)24-20(25)16-9-11-23-12-10-16/h5-12,14H,3-4,13H2,1-2H3,(H,24,25). The number of ether oxygens (including phenoxy) is 2. The lowest BCUT2D eigenvalue weighted by Crippen LogP contribution is -2.14. The second-order valence-electron chi connectivity index (χ2n) is 6.14. The topological polar surface area (TPSA) is 77.5 Å². The van der Waals surface area contributed by atoms with Crippen LogP contribution in [0.1, 0.15) is 41.0 Å². The molecule has 0 aliphatic rings. The summed E-state index contributed by atoms with van der Waals surface area (Å²) in [4.78, 5) is 29.1. The highest BCUT2D eigenvalue weighted by Crippen LogP contribution is 2.37. The van der Waals surface area contributed by atoms with Crippen molar-refractivity contribution in [3.63, 3.8) is 0 Å². The van der Waals surface area contributed by atoms with Gasteiger partial charge in [-0.05, 0) is 43.2 Å². The van der Waals surface area contributed by atoms with Gasteiger partial charge in [0.05, 0.1) is 13.2 Å². The minimum atomic E-state index is -0.472. The molecule has 0 radical (unpaired) electrons. The number of nitrogens with one attached hydrogen (secondary N) is 1. The number of aromatic nitrogens is 1. The molecule has 1 amide bonds. The Morgan fingerprint density at radius 3 is 2.45 bits per heavy atom. The lowest BCUT2D eigenvalue weighted by atomic mass is 10.0. The average Bonchev–Trinajstić information content (AvgIpc) is 3.17. The van der Waals surface area contributed by atoms with Gasteiger partial charge < -0.3 is 14.8 Å². The smallest absolute Gasteiger partial charge is 0.341 e. The Labute approximate surface area is 173 Å². The van der Waals surface area contributed by atoms with Crippen molar-refractivity contribution >= 4 is 28.2 Å². The fraction of sp³-hybridized carbons (Fsp3) is 0.227. The zero-order valence-corrected chi connectivity index (χ0v) is 17.1. The van der Waals surface area contributed by atoms with Gasteiger partial charge in [-0.3, -0.25) is 9.78 Å². The number of thiophene rings is 1. The van der Waals surface area contributed by atoms with Gasteiger partial charge in [-0.15, -0.1) is 11.3 Å². The van der Waals surface area contributed by atoms with E-state index in [-0.39, 0.29) is 12.5 Å². The summed E-state index contributed by atoms with van der Waals surface area (Å²) in [5.74, 6) is -0.00974. The van der Waals surface area contributed by atoms with Crippen molar-refractivity contribution in [1.82, 2.24) is 4.98 Å². The van der Waals surface area contributed by atoms with E-state index in [1.54, 1.807) is 31.5 Å². The molecule has 0 unspecified atom stereocenters. The number of amides is 1. The van der Waals surface area contributed by atoms with Crippen LogP contribution >= 0.6 is 11.3 Å². The third-order valence-electron chi connectivity index (χ3n) is 4.08. The number of esters is 1. The van der Waals surface area contributed by atoms with Gasteiger partial charge in [-0.1, -0.05) is 19.1 Å². The Morgan fingerprint density at radius 1 is 1.07 bits per heavy atom. The summed E-state index contributed by atoms with van der Waals surface area (Å²) in [6.45, 7) is 4.69. The fourth-order valence-corrected chi connectivity index (χ4v) is 3.65. The fourth-order valence-electron chi connectivity index (χ4n) is 2.70. The summed E-state index contributed by atoms with van der Waals surface area (Å²) in [5.41, 5.74) is 2.36. The Kier molecular flexibility index (Phi) is 6.97. The summed E-state index contributed by atoms with van der Waals surface area (Å²) < 4.78 is 10.9. The number of nitrogens with zero attached hydrogens (tertiary/aromatic N) is 1. The summed E-state index contributed by atoms with van der Waals surface area (Å²) in [6, 6.07) is 10.7. The van der Waals surface area contributed by atoms with Crippen molar-refractivity contribution in [2.45, 2.75) is 20.3 Å². The first-order valence-corrected chi connectivity index (χ1v) is 10.2. The van der Waals surface area contributed by atoms with E-state index in [1.165, 1.54) is 11.3 Å². The van der Waals surface area contributed by atoms with Gasteiger partial charge in [0.25, 0.3) is 5.91 Å². The van der Waals surface area contributed by atoms with Crippen LogP contribution in [0.4, 0.5) is 5.00 Å². The quantitative estimate of drug-likeness (QED) is 0.527. The Morgan fingerprint density at radius 2 is 1.79 bits per heavy atom. The predicted molar refractivity (Wildman–Crippen MR) is 114 cm³/mol. The maximum Gasteiger partial charge on any atom is 0.341 e. The molecule has 0 bridgehead atoms. The monoisotopic (exact) mass is 410 g/mol. The number of benzene rings is 1. The predicted octanol–water partition coefficient (Wildman–Crippen LogP) is 5.03. The molecule has 29 heavy (non-hydrogen) atoms. The van der Waals surface area contributed by atoms with Crippen LogP contribution in [0.15, 0.2) is 54.2 Å². The summed E-state index contributed by atoms with van der Waals surface area (Å²) in [6.07, 6.45) is 4.02. The molecule has 3 aromatic rings. The number of pyridine rings is 1. The van der Waals surface area contributed by atoms with Crippen molar-refractivity contribution in [2.75, 3.05) is 18.5 Å². The SMILES string of the molecule is CCCOc1ccc(-c2csc(NC(=O)c3ccncc3)c2C(=O)OCC)cc1. The van der Waals surface area contributed by atoms with Gasteiger partial charge in [0.15, 0.2) is 0 Å². The molecule has 2 aromatic heterocycles. The molecule has 150 valence electrons. The maximum absolute atomic E-state index is 12.6. The van der Waals surface area contributed by atoms with E-state index >= 15 is 0 Å². The van der Waals surface area contributed by atoms with Crippen LogP contribution in [-0.2, 0) is 4.74 Å². The molecule has 0 saturated carbocycles. The van der Waals surface area contributed by atoms with Crippen molar-refractivity contribution < 1.29 is 19.1 Å². The van der Waals surface area contributed by atoms with Crippen LogP contribution in [0.2, 0.25) is 0 Å². The zero-order chi connectivity index (χ0) is 20.6. The second kappa shape index (κ2) is 9.84. The molecule has 1 N–H and O–H groups in total. The molecule has 0 saturated heterocycles. The van der Waals surface area contributed by atoms with E-state index < -0.39 is 5.97 Å². The summed E-state index contributed by atoms with van der Waals surface area (Å²) >= 11 is 1.29. The van der Waals surface area contributed by atoms with Gasteiger partial charge in [0.1, 0.15) is 16.3 Å². The van der Waals surface area contributed by atoms with Crippen molar-refractivity contribution in [3.05, 3.63) is 65.3 Å². The minimum Gasteiger partial charge on any atom is -0.494 e. The molecule has 7 heteroatoms. The van der Waals surface area contributed by atoms with E-state index in [9.17, 15) is 9.59 Å². The highest BCUT2D eigenvalue weighted by molar-refractivity contribution is 7.15. The van der Waals surface area contributed by atoms with Crippen LogP contribution in [0, 0.1) is 0 Å². The summed E-state index contributed by atoms with van der Waals surface area (Å²) in [7, 11) is 0. The number of carbonyl (C=O) groups is 2. The van der Waals surface area contributed by atoms with Crippen molar-refractivity contribution in [2.24, 2.45) is 0 Å². The Hall–Kier alpha value is -3.19. The van der Waals surface area contributed by atoms with Crippen molar-refractivity contribution in [3.8, 4) is 16.9 Å². The normalized spacial score (nSPS) is 10.4. The first-order valence-electron chi connectivity index (χ1n) is 9.37. The number of hydrogen-bond acceptors (Lipinski definition) is 6. The van der Waals surface area contributed by atoms with E-state index in [1.807, 2.05) is 36.6 Å². The molecule has 0 aliphatic heterocycles. The largest absolute Gasteiger partial charge is 0.494 e. The van der Waals surface area contributed by atoms with Gasteiger partial charge >= 0.3 is 5.97 Å². The molecular weight excluding hydrogens is 388 g/mol. The number of anilines is 1. The van der Waals surface area contributed by atoms with Gasteiger partial charge in [-0.2, -0.15) is 0 Å². The molecule has 6 nitrogen and oxygen atoms in total. The molecule has 3 rings (SSSR count). The van der Waals surface area contributed by atoms with Crippen LogP contribution in [-0.4, -0.2) is 30.1 Å². The van der Waals surface area contributed by atoms with Crippen LogP contribution in [0.5, 0.6) is 5.75 Å². The second-order valence-corrected chi connectivity index (χ2v) is 7.02. The van der Waals surface area contributed by atoms with Crippen LogP contribution in [0.25, 0.3) is 11.1 Å². The Balaban J connectivity index is 1.91. The van der Waals surface area contributed by atoms with Gasteiger partial charge in [-0.25, -0.2) is 4.79 Å². The molecular formula is C22H22N2O4S.